The highest BCUT2D eigenvalue weighted by atomic mass is 19.1. The number of carbonyl (C=O) groups is 3. The van der Waals surface area contributed by atoms with Crippen molar-refractivity contribution in [3.8, 4) is 0 Å². The van der Waals surface area contributed by atoms with Gasteiger partial charge in [0, 0.05) is 43.9 Å². The summed E-state index contributed by atoms with van der Waals surface area (Å²) in [5.41, 5.74) is 1.14. The fourth-order valence-electron chi connectivity index (χ4n) is 4.90. The van der Waals surface area contributed by atoms with Gasteiger partial charge in [-0.05, 0) is 51.2 Å². The van der Waals surface area contributed by atoms with Crippen molar-refractivity contribution in [2.75, 3.05) is 37.7 Å². The summed E-state index contributed by atoms with van der Waals surface area (Å²) in [5.74, 6) is -1.76. The maximum atomic E-state index is 14.8. The molecule has 0 bridgehead atoms. The van der Waals surface area contributed by atoms with Crippen molar-refractivity contribution in [2.45, 2.75) is 63.6 Å². The SMILES string of the molecule is CCOC(=O)N1CCC(OC2CCN(c3ccc(C4CCC(=O)NC4=O)c(F)c3)CC2)CC1. The van der Waals surface area contributed by atoms with Crippen LogP contribution in [0.15, 0.2) is 18.2 Å². The van der Waals surface area contributed by atoms with Crippen molar-refractivity contribution >= 4 is 23.6 Å². The molecule has 4 rings (SSSR count). The molecule has 1 unspecified atom stereocenters. The zero-order valence-electron chi connectivity index (χ0n) is 19.1. The summed E-state index contributed by atoms with van der Waals surface area (Å²) in [6.07, 6.45) is 3.96. The van der Waals surface area contributed by atoms with Crippen LogP contribution in [0.2, 0.25) is 0 Å². The highest BCUT2D eigenvalue weighted by Crippen LogP contribution is 2.31. The summed E-state index contributed by atoms with van der Waals surface area (Å²) < 4.78 is 26.2. The number of piperidine rings is 3. The predicted molar refractivity (Wildman–Crippen MR) is 119 cm³/mol. The van der Waals surface area contributed by atoms with E-state index in [2.05, 4.69) is 10.2 Å². The van der Waals surface area contributed by atoms with Crippen molar-refractivity contribution in [1.82, 2.24) is 10.2 Å². The lowest BCUT2D eigenvalue weighted by Crippen LogP contribution is -2.44. The molecule has 3 amide bonds. The molecular formula is C24H32FN3O5. The lowest BCUT2D eigenvalue weighted by molar-refractivity contribution is -0.134. The second kappa shape index (κ2) is 10.5. The maximum absolute atomic E-state index is 14.8. The van der Waals surface area contributed by atoms with Crippen LogP contribution in [0, 0.1) is 5.82 Å². The Balaban J connectivity index is 1.25. The first-order valence-electron chi connectivity index (χ1n) is 11.9. The van der Waals surface area contributed by atoms with Gasteiger partial charge in [-0.15, -0.1) is 0 Å². The molecule has 180 valence electrons. The third kappa shape index (κ3) is 5.63. The van der Waals surface area contributed by atoms with Crippen molar-refractivity contribution in [3.63, 3.8) is 0 Å². The van der Waals surface area contributed by atoms with Crippen LogP contribution in [0.5, 0.6) is 0 Å². The highest BCUT2D eigenvalue weighted by Gasteiger charge is 2.31. The summed E-state index contributed by atoms with van der Waals surface area (Å²) in [6, 6.07) is 5.02. The van der Waals surface area contributed by atoms with E-state index in [4.69, 9.17) is 9.47 Å². The minimum absolute atomic E-state index is 0.150. The predicted octanol–water partition coefficient (Wildman–Crippen LogP) is 2.95. The van der Waals surface area contributed by atoms with Gasteiger partial charge in [-0.1, -0.05) is 6.07 Å². The molecule has 1 atom stereocenters. The van der Waals surface area contributed by atoms with E-state index in [-0.39, 0.29) is 30.6 Å². The Hall–Kier alpha value is -2.68. The number of rotatable bonds is 5. The number of nitrogens with one attached hydrogen (secondary N) is 1. The summed E-state index contributed by atoms with van der Waals surface area (Å²) in [4.78, 5) is 39.1. The summed E-state index contributed by atoms with van der Waals surface area (Å²) in [5, 5.41) is 2.29. The summed E-state index contributed by atoms with van der Waals surface area (Å²) in [7, 11) is 0. The molecule has 1 N–H and O–H groups in total. The van der Waals surface area contributed by atoms with Crippen LogP contribution in [0.25, 0.3) is 0 Å². The Morgan fingerprint density at radius 1 is 1.06 bits per heavy atom. The quantitative estimate of drug-likeness (QED) is 0.679. The van der Waals surface area contributed by atoms with Crippen molar-refractivity contribution in [2.24, 2.45) is 0 Å². The van der Waals surface area contributed by atoms with E-state index in [1.165, 1.54) is 6.07 Å². The first kappa shape index (κ1) is 23.5. The number of imide groups is 1. The van der Waals surface area contributed by atoms with E-state index in [1.54, 1.807) is 17.9 Å². The van der Waals surface area contributed by atoms with E-state index in [9.17, 15) is 18.8 Å². The number of amides is 3. The third-order valence-electron chi connectivity index (χ3n) is 6.76. The van der Waals surface area contributed by atoms with Crippen molar-refractivity contribution < 1.29 is 28.2 Å². The van der Waals surface area contributed by atoms with E-state index in [0.717, 1.165) is 44.5 Å². The van der Waals surface area contributed by atoms with Crippen molar-refractivity contribution in [3.05, 3.63) is 29.6 Å². The van der Waals surface area contributed by atoms with Gasteiger partial charge in [-0.25, -0.2) is 9.18 Å². The van der Waals surface area contributed by atoms with Gasteiger partial charge in [0.1, 0.15) is 5.82 Å². The molecule has 3 aliphatic heterocycles. The zero-order chi connectivity index (χ0) is 23.4. The fraction of sp³-hybridized carbons (Fsp3) is 0.625. The molecule has 1 aromatic carbocycles. The molecule has 3 fully saturated rings. The van der Waals surface area contributed by atoms with E-state index in [0.29, 0.717) is 31.7 Å². The average molecular weight is 462 g/mol. The smallest absolute Gasteiger partial charge is 0.409 e. The Kier molecular flexibility index (Phi) is 7.47. The number of halogens is 1. The van der Waals surface area contributed by atoms with Gasteiger partial charge >= 0.3 is 6.09 Å². The number of hydrogen-bond acceptors (Lipinski definition) is 6. The summed E-state index contributed by atoms with van der Waals surface area (Å²) in [6.45, 7) is 5.04. The Bertz CT molecular complexity index is 879. The minimum Gasteiger partial charge on any atom is -0.450 e. The number of likely N-dealkylation sites (tertiary alicyclic amines) is 1. The van der Waals surface area contributed by atoms with Gasteiger partial charge in [0.25, 0.3) is 0 Å². The third-order valence-corrected chi connectivity index (χ3v) is 6.76. The molecule has 3 heterocycles. The zero-order valence-corrected chi connectivity index (χ0v) is 19.1. The summed E-state index contributed by atoms with van der Waals surface area (Å²) >= 11 is 0. The second-order valence-corrected chi connectivity index (χ2v) is 8.92. The Morgan fingerprint density at radius 2 is 1.73 bits per heavy atom. The van der Waals surface area contributed by atoms with Gasteiger partial charge in [-0.2, -0.15) is 0 Å². The standard InChI is InChI=1S/C24H32FN3O5/c1-2-32-24(31)28-13-9-18(10-14-28)33-17-7-11-27(12-8-17)16-3-4-19(21(25)15-16)20-5-6-22(29)26-23(20)30/h3-4,15,17-18,20H,2,5-14H2,1H3,(H,26,29,30). The molecule has 1 aromatic rings. The van der Waals surface area contributed by atoms with E-state index in [1.807, 2.05) is 6.07 Å². The Morgan fingerprint density at radius 3 is 2.33 bits per heavy atom. The highest BCUT2D eigenvalue weighted by molar-refractivity contribution is 6.01. The number of nitrogens with zero attached hydrogens (tertiary/aromatic N) is 2. The fourth-order valence-corrected chi connectivity index (χ4v) is 4.90. The maximum Gasteiger partial charge on any atom is 0.409 e. The number of hydrogen-bond donors (Lipinski definition) is 1. The Labute approximate surface area is 193 Å². The largest absolute Gasteiger partial charge is 0.450 e. The van der Waals surface area contributed by atoms with Gasteiger partial charge in [0.15, 0.2) is 0 Å². The molecule has 8 nitrogen and oxygen atoms in total. The first-order chi connectivity index (χ1) is 15.9. The van der Waals surface area contributed by atoms with Crippen LogP contribution in [0.4, 0.5) is 14.9 Å². The lowest BCUT2D eigenvalue weighted by Gasteiger charge is -2.37. The normalized spacial score (nSPS) is 22.9. The van der Waals surface area contributed by atoms with Crippen molar-refractivity contribution in [1.29, 1.82) is 0 Å². The van der Waals surface area contributed by atoms with Crippen LogP contribution < -0.4 is 10.2 Å². The van der Waals surface area contributed by atoms with Gasteiger partial charge in [-0.3, -0.25) is 14.9 Å². The van der Waals surface area contributed by atoms with Crippen LogP contribution >= 0.6 is 0 Å². The molecule has 0 spiro atoms. The topological polar surface area (TPSA) is 88.2 Å². The molecule has 0 aliphatic carbocycles. The van der Waals surface area contributed by atoms with Crippen LogP contribution in [-0.4, -0.2) is 67.8 Å². The monoisotopic (exact) mass is 461 g/mol. The van der Waals surface area contributed by atoms with Crippen LogP contribution in [0.1, 0.15) is 56.9 Å². The number of benzene rings is 1. The molecule has 3 saturated heterocycles. The molecule has 0 saturated carbocycles. The molecule has 0 radical (unpaired) electrons. The number of ether oxygens (including phenoxy) is 2. The molecule has 33 heavy (non-hydrogen) atoms. The molecule has 0 aromatic heterocycles. The number of carbonyl (C=O) groups excluding carboxylic acids is 3. The van der Waals surface area contributed by atoms with Gasteiger partial charge in [0.2, 0.25) is 11.8 Å². The second-order valence-electron chi connectivity index (χ2n) is 8.92. The van der Waals surface area contributed by atoms with Gasteiger partial charge in [0.05, 0.1) is 24.7 Å². The van der Waals surface area contributed by atoms with Crippen LogP contribution in [-0.2, 0) is 19.1 Å². The van der Waals surface area contributed by atoms with Crippen LogP contribution in [0.3, 0.4) is 0 Å². The minimum atomic E-state index is -0.619. The molecule has 9 heteroatoms. The van der Waals surface area contributed by atoms with E-state index < -0.39 is 17.6 Å². The molecule has 3 aliphatic rings. The molecular weight excluding hydrogens is 429 g/mol. The number of anilines is 1. The van der Waals surface area contributed by atoms with E-state index >= 15 is 0 Å². The first-order valence-corrected chi connectivity index (χ1v) is 11.9. The lowest BCUT2D eigenvalue weighted by atomic mass is 9.90. The average Bonchev–Trinajstić information content (AvgIpc) is 2.81. The van der Waals surface area contributed by atoms with Gasteiger partial charge < -0.3 is 19.3 Å².